The van der Waals surface area contributed by atoms with E-state index in [1.807, 2.05) is 0 Å². The van der Waals surface area contributed by atoms with Crippen molar-refractivity contribution in [3.63, 3.8) is 0 Å². The van der Waals surface area contributed by atoms with E-state index in [4.69, 9.17) is 5.73 Å². The molecule has 100 valence electrons. The average Bonchev–Trinajstić information content (AvgIpc) is 2.35. The molecule has 0 aromatic rings. The molecule has 4 nitrogen and oxygen atoms in total. The van der Waals surface area contributed by atoms with E-state index in [1.165, 1.54) is 32.1 Å². The molecular weight excluding hydrogens is 214 g/mol. The van der Waals surface area contributed by atoms with Crippen molar-refractivity contribution in [3.8, 4) is 0 Å². The van der Waals surface area contributed by atoms with E-state index in [2.05, 4.69) is 17.3 Å². The second-order valence-electron chi connectivity index (χ2n) is 5.21. The molecule has 0 radical (unpaired) electrons. The van der Waals surface area contributed by atoms with Crippen LogP contribution in [0.1, 0.15) is 45.4 Å². The number of rotatable bonds is 6. The van der Waals surface area contributed by atoms with Crippen LogP contribution in [0.3, 0.4) is 0 Å². The standard InChI is InChI=1S/C13H27N3O/c1-11(14)13(17)15-9-6-10-16(2)12-7-4-3-5-8-12/h11-12H,3-10,14H2,1-2H3,(H,15,17). The Morgan fingerprint density at radius 1 is 1.41 bits per heavy atom. The summed E-state index contributed by atoms with van der Waals surface area (Å²) in [5.74, 6) is -0.0506. The maximum absolute atomic E-state index is 11.2. The van der Waals surface area contributed by atoms with Gasteiger partial charge in [0.15, 0.2) is 0 Å². The minimum atomic E-state index is -0.397. The van der Waals surface area contributed by atoms with Crippen molar-refractivity contribution in [1.82, 2.24) is 10.2 Å². The molecule has 1 unspecified atom stereocenters. The lowest BCUT2D eigenvalue weighted by atomic mass is 9.94. The van der Waals surface area contributed by atoms with Crippen molar-refractivity contribution in [2.75, 3.05) is 20.1 Å². The van der Waals surface area contributed by atoms with E-state index in [-0.39, 0.29) is 5.91 Å². The summed E-state index contributed by atoms with van der Waals surface area (Å²) in [7, 11) is 2.20. The van der Waals surface area contributed by atoms with Gasteiger partial charge in [0.25, 0.3) is 0 Å². The average molecular weight is 241 g/mol. The highest BCUT2D eigenvalue weighted by Crippen LogP contribution is 2.21. The Kier molecular flexibility index (Phi) is 6.52. The van der Waals surface area contributed by atoms with Gasteiger partial charge in [0.05, 0.1) is 6.04 Å². The largest absolute Gasteiger partial charge is 0.355 e. The van der Waals surface area contributed by atoms with E-state index < -0.39 is 6.04 Å². The third-order valence-corrected chi connectivity index (χ3v) is 3.60. The van der Waals surface area contributed by atoms with Gasteiger partial charge in [-0.3, -0.25) is 4.79 Å². The molecule has 1 saturated carbocycles. The van der Waals surface area contributed by atoms with Gasteiger partial charge < -0.3 is 16.0 Å². The number of hydrogen-bond donors (Lipinski definition) is 2. The van der Waals surface area contributed by atoms with Gasteiger partial charge >= 0.3 is 0 Å². The van der Waals surface area contributed by atoms with Crippen LogP contribution in [-0.2, 0) is 4.79 Å². The van der Waals surface area contributed by atoms with Gasteiger partial charge in [-0.25, -0.2) is 0 Å². The first-order valence-electron chi connectivity index (χ1n) is 6.85. The van der Waals surface area contributed by atoms with Crippen LogP contribution in [0, 0.1) is 0 Å². The number of hydrogen-bond acceptors (Lipinski definition) is 3. The zero-order valence-electron chi connectivity index (χ0n) is 11.2. The highest BCUT2D eigenvalue weighted by molar-refractivity contribution is 5.80. The molecule has 0 bridgehead atoms. The van der Waals surface area contributed by atoms with Crippen LogP contribution in [-0.4, -0.2) is 43.0 Å². The van der Waals surface area contributed by atoms with E-state index in [9.17, 15) is 4.79 Å². The van der Waals surface area contributed by atoms with Crippen molar-refractivity contribution < 1.29 is 4.79 Å². The maximum atomic E-state index is 11.2. The Morgan fingerprint density at radius 3 is 2.65 bits per heavy atom. The molecule has 4 heteroatoms. The summed E-state index contributed by atoms with van der Waals surface area (Å²) in [6, 6.07) is 0.360. The first-order chi connectivity index (χ1) is 8.11. The molecule has 1 amide bonds. The Morgan fingerprint density at radius 2 is 2.06 bits per heavy atom. The fourth-order valence-corrected chi connectivity index (χ4v) is 2.41. The molecule has 17 heavy (non-hydrogen) atoms. The molecule has 1 aliphatic carbocycles. The molecule has 1 rings (SSSR count). The van der Waals surface area contributed by atoms with Gasteiger partial charge in [-0.15, -0.1) is 0 Å². The second-order valence-corrected chi connectivity index (χ2v) is 5.21. The van der Waals surface area contributed by atoms with Crippen molar-refractivity contribution >= 4 is 5.91 Å². The first kappa shape index (κ1) is 14.5. The topological polar surface area (TPSA) is 58.4 Å². The summed E-state index contributed by atoms with van der Waals surface area (Å²) in [5.41, 5.74) is 5.47. The lowest BCUT2D eigenvalue weighted by Crippen LogP contribution is -2.40. The Bertz CT molecular complexity index is 225. The minimum Gasteiger partial charge on any atom is -0.355 e. The fraction of sp³-hybridized carbons (Fsp3) is 0.923. The highest BCUT2D eigenvalue weighted by atomic mass is 16.2. The summed E-state index contributed by atoms with van der Waals surface area (Å²) in [6.07, 6.45) is 7.82. The van der Waals surface area contributed by atoms with E-state index in [1.54, 1.807) is 6.92 Å². The predicted molar refractivity (Wildman–Crippen MR) is 70.8 cm³/mol. The van der Waals surface area contributed by atoms with Gasteiger partial charge in [0, 0.05) is 12.6 Å². The Hall–Kier alpha value is -0.610. The minimum absolute atomic E-state index is 0.0506. The molecule has 3 N–H and O–H groups in total. The summed E-state index contributed by atoms with van der Waals surface area (Å²) < 4.78 is 0. The van der Waals surface area contributed by atoms with Crippen LogP contribution in [0.15, 0.2) is 0 Å². The van der Waals surface area contributed by atoms with Gasteiger partial charge in [-0.05, 0) is 39.8 Å². The molecule has 1 aliphatic rings. The molecule has 0 aliphatic heterocycles. The number of nitrogens with one attached hydrogen (secondary N) is 1. The normalized spacial score (nSPS) is 19.3. The summed E-state index contributed by atoms with van der Waals surface area (Å²) in [5, 5.41) is 2.85. The fourth-order valence-electron chi connectivity index (χ4n) is 2.41. The second kappa shape index (κ2) is 7.67. The van der Waals surface area contributed by atoms with Crippen molar-refractivity contribution in [3.05, 3.63) is 0 Å². The van der Waals surface area contributed by atoms with E-state index >= 15 is 0 Å². The summed E-state index contributed by atoms with van der Waals surface area (Å²) >= 11 is 0. The zero-order valence-corrected chi connectivity index (χ0v) is 11.2. The summed E-state index contributed by atoms with van der Waals surface area (Å²) in [6.45, 7) is 3.50. The predicted octanol–water partition coefficient (Wildman–Crippen LogP) is 1.10. The zero-order chi connectivity index (χ0) is 12.7. The van der Waals surface area contributed by atoms with Crippen molar-refractivity contribution in [2.45, 2.75) is 57.5 Å². The van der Waals surface area contributed by atoms with Crippen LogP contribution in [0.5, 0.6) is 0 Å². The molecule has 0 heterocycles. The third-order valence-electron chi connectivity index (χ3n) is 3.60. The van der Waals surface area contributed by atoms with Gasteiger partial charge in [0.1, 0.15) is 0 Å². The number of carbonyl (C=O) groups excluding carboxylic acids is 1. The molecule has 0 spiro atoms. The van der Waals surface area contributed by atoms with Crippen LogP contribution >= 0.6 is 0 Å². The van der Waals surface area contributed by atoms with Gasteiger partial charge in [0.2, 0.25) is 5.91 Å². The molecular formula is C13H27N3O. The number of nitrogens with two attached hydrogens (primary N) is 1. The monoisotopic (exact) mass is 241 g/mol. The van der Waals surface area contributed by atoms with Gasteiger partial charge in [-0.1, -0.05) is 19.3 Å². The van der Waals surface area contributed by atoms with Crippen LogP contribution < -0.4 is 11.1 Å². The smallest absolute Gasteiger partial charge is 0.236 e. The van der Waals surface area contributed by atoms with Gasteiger partial charge in [-0.2, -0.15) is 0 Å². The molecule has 0 aromatic heterocycles. The molecule has 0 aromatic carbocycles. The molecule has 1 fully saturated rings. The first-order valence-corrected chi connectivity index (χ1v) is 6.85. The van der Waals surface area contributed by atoms with Crippen LogP contribution in [0.4, 0.5) is 0 Å². The van der Waals surface area contributed by atoms with Crippen molar-refractivity contribution in [1.29, 1.82) is 0 Å². The molecule has 1 atom stereocenters. The number of nitrogens with zero attached hydrogens (tertiary/aromatic N) is 1. The highest BCUT2D eigenvalue weighted by Gasteiger charge is 2.17. The lowest BCUT2D eigenvalue weighted by molar-refractivity contribution is -0.121. The maximum Gasteiger partial charge on any atom is 0.236 e. The number of carbonyl (C=O) groups is 1. The quantitative estimate of drug-likeness (QED) is 0.685. The number of amides is 1. The lowest BCUT2D eigenvalue weighted by Gasteiger charge is -2.31. The SMILES string of the molecule is CC(N)C(=O)NCCCN(C)C1CCCCC1. The van der Waals surface area contributed by atoms with E-state index in [0.29, 0.717) is 0 Å². The third kappa shape index (κ3) is 5.50. The van der Waals surface area contributed by atoms with E-state index in [0.717, 1.165) is 25.6 Å². The van der Waals surface area contributed by atoms with Crippen molar-refractivity contribution in [2.24, 2.45) is 5.73 Å². The Balaban J connectivity index is 2.07. The summed E-state index contributed by atoms with van der Waals surface area (Å²) in [4.78, 5) is 13.7. The van der Waals surface area contributed by atoms with Crippen LogP contribution in [0.25, 0.3) is 0 Å². The Labute approximate surface area is 105 Å². The van der Waals surface area contributed by atoms with Crippen LogP contribution in [0.2, 0.25) is 0 Å². The molecule has 0 saturated heterocycles.